The van der Waals surface area contributed by atoms with Gasteiger partial charge in [-0.3, -0.25) is 9.59 Å². The van der Waals surface area contributed by atoms with Crippen molar-refractivity contribution in [2.45, 2.75) is 46.5 Å². The zero-order chi connectivity index (χ0) is 18.3. The fourth-order valence-electron chi connectivity index (χ4n) is 2.14. The molecule has 0 aliphatic heterocycles. The van der Waals surface area contributed by atoms with Gasteiger partial charge in [-0.1, -0.05) is 62.0 Å². The predicted molar refractivity (Wildman–Crippen MR) is 96.0 cm³/mol. The highest BCUT2D eigenvalue weighted by Crippen LogP contribution is 2.37. The zero-order valence-electron chi connectivity index (χ0n) is 14.0. The van der Waals surface area contributed by atoms with Gasteiger partial charge in [0.25, 0.3) is 0 Å². The van der Waals surface area contributed by atoms with E-state index in [2.05, 4.69) is 0 Å². The van der Waals surface area contributed by atoms with Gasteiger partial charge in [-0.25, -0.2) is 0 Å². The third kappa shape index (κ3) is 4.78. The van der Waals surface area contributed by atoms with E-state index in [1.54, 1.807) is 13.8 Å². The maximum absolute atomic E-state index is 12.7. The number of halogens is 3. The third-order valence-corrected chi connectivity index (χ3v) is 4.91. The van der Waals surface area contributed by atoms with Crippen LogP contribution in [0.2, 0.25) is 15.1 Å². The summed E-state index contributed by atoms with van der Waals surface area (Å²) < 4.78 is 10.6. The largest absolute Gasteiger partial charge is 0.465 e. The van der Waals surface area contributed by atoms with Gasteiger partial charge >= 0.3 is 11.9 Å². The van der Waals surface area contributed by atoms with Gasteiger partial charge in [0.2, 0.25) is 0 Å². The summed E-state index contributed by atoms with van der Waals surface area (Å²) in [4.78, 5) is 25.1. The minimum atomic E-state index is -1.37. The lowest BCUT2D eigenvalue weighted by atomic mass is 9.82. The molecule has 0 saturated carbocycles. The normalized spacial score (nSPS) is 11.2. The first-order chi connectivity index (χ1) is 11.3. The molecule has 134 valence electrons. The lowest BCUT2D eigenvalue weighted by Crippen LogP contribution is -2.42. The molecular formula is C17H21Cl3O4. The van der Waals surface area contributed by atoms with Crippen molar-refractivity contribution in [1.82, 2.24) is 0 Å². The van der Waals surface area contributed by atoms with E-state index in [1.807, 2.05) is 6.92 Å². The fourth-order valence-corrected chi connectivity index (χ4v) is 2.71. The molecule has 1 rings (SSSR count). The van der Waals surface area contributed by atoms with Crippen molar-refractivity contribution in [2.24, 2.45) is 5.41 Å². The molecule has 0 aliphatic carbocycles. The third-order valence-electron chi connectivity index (χ3n) is 3.90. The zero-order valence-corrected chi connectivity index (χ0v) is 16.2. The number of esters is 2. The maximum atomic E-state index is 12.7. The van der Waals surface area contributed by atoms with Crippen molar-refractivity contribution >= 4 is 46.7 Å². The van der Waals surface area contributed by atoms with Crippen LogP contribution in [0.5, 0.6) is 5.75 Å². The first-order valence-corrected chi connectivity index (χ1v) is 8.99. The lowest BCUT2D eigenvalue weighted by Gasteiger charge is -2.27. The Morgan fingerprint density at radius 3 is 2.08 bits per heavy atom. The Bertz CT molecular complexity index is 598. The highest BCUT2D eigenvalue weighted by molar-refractivity contribution is 6.43. The summed E-state index contributed by atoms with van der Waals surface area (Å²) in [5.74, 6) is -1.24. The summed E-state index contributed by atoms with van der Waals surface area (Å²) in [5.41, 5.74) is -1.37. The van der Waals surface area contributed by atoms with Crippen molar-refractivity contribution in [2.75, 3.05) is 6.61 Å². The van der Waals surface area contributed by atoms with Crippen molar-refractivity contribution in [3.8, 4) is 5.75 Å². The Labute approximate surface area is 157 Å². The number of hydrogen-bond acceptors (Lipinski definition) is 4. The first-order valence-electron chi connectivity index (χ1n) is 7.86. The average molecular weight is 396 g/mol. The number of ether oxygens (including phenoxy) is 2. The molecule has 0 heterocycles. The van der Waals surface area contributed by atoms with E-state index in [-0.39, 0.29) is 40.3 Å². The Morgan fingerprint density at radius 1 is 0.958 bits per heavy atom. The molecule has 0 aromatic heterocycles. The SMILES string of the molecule is CCCCOC(=O)C(CC)(CC)C(=O)Oc1cc(Cl)c(Cl)cc1Cl. The lowest BCUT2D eigenvalue weighted by molar-refractivity contribution is -0.168. The van der Waals surface area contributed by atoms with Crippen LogP contribution in [0.1, 0.15) is 46.5 Å². The van der Waals surface area contributed by atoms with Gasteiger partial charge in [-0.05, 0) is 25.3 Å². The quantitative estimate of drug-likeness (QED) is 0.186. The van der Waals surface area contributed by atoms with Crippen LogP contribution in [0, 0.1) is 5.41 Å². The van der Waals surface area contributed by atoms with E-state index in [1.165, 1.54) is 12.1 Å². The molecule has 0 fully saturated rings. The molecule has 7 heteroatoms. The van der Waals surface area contributed by atoms with Crippen LogP contribution in [-0.4, -0.2) is 18.5 Å². The maximum Gasteiger partial charge on any atom is 0.328 e. The fraction of sp³-hybridized carbons (Fsp3) is 0.529. The molecule has 4 nitrogen and oxygen atoms in total. The molecule has 0 N–H and O–H groups in total. The first kappa shape index (κ1) is 21.1. The van der Waals surface area contributed by atoms with E-state index in [4.69, 9.17) is 44.3 Å². The van der Waals surface area contributed by atoms with Gasteiger partial charge in [0.15, 0.2) is 11.2 Å². The molecule has 0 amide bonds. The molecule has 1 aromatic carbocycles. The molecular weight excluding hydrogens is 375 g/mol. The number of carbonyl (C=O) groups is 2. The van der Waals surface area contributed by atoms with Crippen molar-refractivity contribution in [3.63, 3.8) is 0 Å². The van der Waals surface area contributed by atoms with Crippen LogP contribution >= 0.6 is 34.8 Å². The molecule has 1 aromatic rings. The highest BCUT2D eigenvalue weighted by Gasteiger charge is 2.46. The molecule has 0 atom stereocenters. The summed E-state index contributed by atoms with van der Waals surface area (Å²) in [6, 6.07) is 2.73. The molecule has 0 aliphatic rings. The van der Waals surface area contributed by atoms with E-state index in [0.717, 1.165) is 12.8 Å². The minimum absolute atomic E-state index is 0.0590. The number of unbranched alkanes of at least 4 members (excludes halogenated alkanes) is 1. The summed E-state index contributed by atoms with van der Waals surface area (Å²) in [7, 11) is 0. The summed E-state index contributed by atoms with van der Waals surface area (Å²) >= 11 is 17.8. The Morgan fingerprint density at radius 2 is 1.54 bits per heavy atom. The van der Waals surface area contributed by atoms with Gasteiger partial charge in [-0.15, -0.1) is 0 Å². The van der Waals surface area contributed by atoms with E-state index >= 15 is 0 Å². The molecule has 24 heavy (non-hydrogen) atoms. The molecule has 0 bridgehead atoms. The highest BCUT2D eigenvalue weighted by atomic mass is 35.5. The Balaban J connectivity index is 3.02. The van der Waals surface area contributed by atoms with Gasteiger partial charge in [-0.2, -0.15) is 0 Å². The minimum Gasteiger partial charge on any atom is -0.465 e. The van der Waals surface area contributed by atoms with E-state index in [0.29, 0.717) is 0 Å². The second-order valence-electron chi connectivity index (χ2n) is 5.36. The van der Waals surface area contributed by atoms with Crippen LogP contribution in [0.4, 0.5) is 0 Å². The van der Waals surface area contributed by atoms with Crippen molar-refractivity contribution < 1.29 is 19.1 Å². The summed E-state index contributed by atoms with van der Waals surface area (Å²) in [6.45, 7) is 5.74. The van der Waals surface area contributed by atoms with Gasteiger partial charge < -0.3 is 9.47 Å². The van der Waals surface area contributed by atoms with Gasteiger partial charge in [0.05, 0.1) is 21.7 Å². The summed E-state index contributed by atoms with van der Waals surface area (Å²) in [6.07, 6.45) is 2.14. The van der Waals surface area contributed by atoms with Crippen molar-refractivity contribution in [3.05, 3.63) is 27.2 Å². The number of rotatable bonds is 8. The number of benzene rings is 1. The van der Waals surface area contributed by atoms with Crippen LogP contribution in [0.15, 0.2) is 12.1 Å². The summed E-state index contributed by atoms with van der Waals surface area (Å²) in [5, 5.41) is 0.587. The van der Waals surface area contributed by atoms with Crippen LogP contribution < -0.4 is 4.74 Å². The van der Waals surface area contributed by atoms with E-state index < -0.39 is 17.4 Å². The van der Waals surface area contributed by atoms with Crippen molar-refractivity contribution in [1.29, 1.82) is 0 Å². The molecule has 0 spiro atoms. The molecule has 0 saturated heterocycles. The van der Waals surface area contributed by atoms with Crippen LogP contribution in [0.3, 0.4) is 0 Å². The molecule has 0 unspecified atom stereocenters. The topological polar surface area (TPSA) is 52.6 Å². The molecule has 0 radical (unpaired) electrons. The van der Waals surface area contributed by atoms with Crippen LogP contribution in [0.25, 0.3) is 0 Å². The van der Waals surface area contributed by atoms with Gasteiger partial charge in [0.1, 0.15) is 0 Å². The number of carbonyl (C=O) groups excluding carboxylic acids is 2. The smallest absolute Gasteiger partial charge is 0.328 e. The van der Waals surface area contributed by atoms with E-state index in [9.17, 15) is 9.59 Å². The standard InChI is InChI=1S/C17H21Cl3O4/c1-4-7-8-23-15(21)17(5-2,6-3)16(22)24-14-10-12(19)11(18)9-13(14)20/h9-10H,4-8H2,1-3H3. The average Bonchev–Trinajstić information content (AvgIpc) is 2.54. The van der Waals surface area contributed by atoms with Gasteiger partial charge in [0, 0.05) is 6.07 Å². The Hall–Kier alpha value is -0.970. The monoisotopic (exact) mass is 394 g/mol. The Kier molecular flexibility index (Phi) is 8.34. The second-order valence-corrected chi connectivity index (χ2v) is 6.59. The van der Waals surface area contributed by atoms with Crippen LogP contribution in [-0.2, 0) is 14.3 Å². The second kappa shape index (κ2) is 9.50. The predicted octanol–water partition coefficient (Wildman–Crippen LogP) is 5.70. The number of hydrogen-bond donors (Lipinski definition) is 0.